The second-order valence-corrected chi connectivity index (χ2v) is 6.95. The molecule has 25 heavy (non-hydrogen) atoms. The van der Waals surface area contributed by atoms with E-state index >= 15 is 0 Å². The van der Waals surface area contributed by atoms with Crippen LogP contribution in [0.5, 0.6) is 0 Å². The minimum atomic E-state index is -1.16. The van der Waals surface area contributed by atoms with Gasteiger partial charge in [-0.1, -0.05) is 84.0 Å². The van der Waals surface area contributed by atoms with Gasteiger partial charge in [-0.15, -0.1) is 0 Å². The van der Waals surface area contributed by atoms with Gasteiger partial charge in [0.05, 0.1) is 12.5 Å². The Bertz CT molecular complexity index is 324. The fraction of sp³-hybridized carbons (Fsp3) is 0.900. The SMILES string of the molecule is CCCCCCCCCCCCCCCC(=O)CN[C@@H](C)C(=O)[O-].[Na+]. The van der Waals surface area contributed by atoms with E-state index < -0.39 is 12.0 Å². The molecule has 0 saturated heterocycles. The number of aliphatic carboxylic acids is 1. The number of unbranched alkanes of at least 4 members (excludes halogenated alkanes) is 12. The molecule has 0 amide bonds. The van der Waals surface area contributed by atoms with Crippen molar-refractivity contribution < 1.29 is 44.3 Å². The summed E-state index contributed by atoms with van der Waals surface area (Å²) in [5.74, 6) is -1.07. The molecule has 0 heterocycles. The van der Waals surface area contributed by atoms with Crippen LogP contribution in [0.4, 0.5) is 0 Å². The number of rotatable bonds is 18. The van der Waals surface area contributed by atoms with Crippen LogP contribution in [0, 0.1) is 0 Å². The second kappa shape index (κ2) is 20.4. The normalized spacial score (nSPS) is 11.8. The third-order valence-corrected chi connectivity index (χ3v) is 4.52. The molecule has 0 rings (SSSR count). The van der Waals surface area contributed by atoms with Gasteiger partial charge < -0.3 is 15.2 Å². The van der Waals surface area contributed by atoms with Crippen LogP contribution in [-0.2, 0) is 9.59 Å². The summed E-state index contributed by atoms with van der Waals surface area (Å²) in [6, 6.07) is -0.763. The molecule has 0 aliphatic heterocycles. The zero-order valence-electron chi connectivity index (χ0n) is 16.9. The molecule has 0 aliphatic carbocycles. The van der Waals surface area contributed by atoms with E-state index in [-0.39, 0.29) is 41.9 Å². The Morgan fingerprint density at radius 1 is 0.800 bits per heavy atom. The zero-order valence-corrected chi connectivity index (χ0v) is 18.9. The van der Waals surface area contributed by atoms with Crippen molar-refractivity contribution >= 4 is 11.8 Å². The Morgan fingerprint density at radius 3 is 1.60 bits per heavy atom. The van der Waals surface area contributed by atoms with E-state index in [1.54, 1.807) is 0 Å². The van der Waals surface area contributed by atoms with Gasteiger partial charge in [0.1, 0.15) is 5.78 Å². The first-order valence-corrected chi connectivity index (χ1v) is 10.0. The maximum Gasteiger partial charge on any atom is 1.00 e. The van der Waals surface area contributed by atoms with E-state index in [9.17, 15) is 14.7 Å². The maximum absolute atomic E-state index is 11.6. The molecular weight excluding hydrogens is 325 g/mol. The van der Waals surface area contributed by atoms with E-state index in [1.165, 1.54) is 77.6 Å². The van der Waals surface area contributed by atoms with E-state index in [4.69, 9.17) is 0 Å². The molecule has 0 aromatic carbocycles. The van der Waals surface area contributed by atoms with Crippen molar-refractivity contribution in [1.29, 1.82) is 0 Å². The molecule has 5 heteroatoms. The van der Waals surface area contributed by atoms with Gasteiger partial charge in [-0.25, -0.2) is 0 Å². The minimum Gasteiger partial charge on any atom is -0.548 e. The fourth-order valence-electron chi connectivity index (χ4n) is 2.78. The number of ketones is 1. The van der Waals surface area contributed by atoms with Gasteiger partial charge in [0.25, 0.3) is 0 Å². The summed E-state index contributed by atoms with van der Waals surface area (Å²) in [5, 5.41) is 13.2. The van der Waals surface area contributed by atoms with Crippen molar-refractivity contribution in [2.24, 2.45) is 0 Å². The number of hydrogen-bond acceptors (Lipinski definition) is 4. The Kier molecular flexibility index (Phi) is 22.3. The second-order valence-electron chi connectivity index (χ2n) is 6.95. The zero-order chi connectivity index (χ0) is 18.0. The molecular formula is C20H38NNaO3. The van der Waals surface area contributed by atoms with Crippen LogP contribution in [-0.4, -0.2) is 24.3 Å². The van der Waals surface area contributed by atoms with E-state index in [2.05, 4.69) is 12.2 Å². The molecule has 0 spiro atoms. The minimum absolute atomic E-state index is 0. The summed E-state index contributed by atoms with van der Waals surface area (Å²) in [6.07, 6.45) is 17.3. The molecule has 0 fully saturated rings. The van der Waals surface area contributed by atoms with Crippen LogP contribution in [0.2, 0.25) is 0 Å². The molecule has 0 aliphatic rings. The van der Waals surface area contributed by atoms with Crippen molar-refractivity contribution in [3.63, 3.8) is 0 Å². The number of nitrogens with one attached hydrogen (secondary N) is 1. The van der Waals surface area contributed by atoms with Crippen LogP contribution in [0.25, 0.3) is 0 Å². The Labute approximate surface area is 177 Å². The molecule has 0 unspecified atom stereocenters. The van der Waals surface area contributed by atoms with Crippen molar-refractivity contribution in [3.8, 4) is 0 Å². The number of Topliss-reactive ketones (excluding diaryl/α,β-unsaturated/α-hetero) is 1. The van der Waals surface area contributed by atoms with Crippen molar-refractivity contribution in [1.82, 2.24) is 5.32 Å². The van der Waals surface area contributed by atoms with Crippen LogP contribution >= 0.6 is 0 Å². The number of carboxylic acids is 1. The smallest absolute Gasteiger partial charge is 0.548 e. The van der Waals surface area contributed by atoms with E-state index in [0.29, 0.717) is 6.42 Å². The molecule has 142 valence electrons. The molecule has 0 aromatic heterocycles. The monoisotopic (exact) mass is 363 g/mol. The largest absolute Gasteiger partial charge is 1.00 e. The van der Waals surface area contributed by atoms with E-state index in [1.807, 2.05) is 0 Å². The maximum atomic E-state index is 11.6. The van der Waals surface area contributed by atoms with Crippen molar-refractivity contribution in [2.45, 2.75) is 110 Å². The van der Waals surface area contributed by atoms with E-state index in [0.717, 1.165) is 12.8 Å². The van der Waals surface area contributed by atoms with Crippen LogP contribution in [0.3, 0.4) is 0 Å². The van der Waals surface area contributed by atoms with Crippen LogP contribution < -0.4 is 40.0 Å². The van der Waals surface area contributed by atoms with Gasteiger partial charge in [0, 0.05) is 12.5 Å². The molecule has 0 aromatic rings. The van der Waals surface area contributed by atoms with Gasteiger partial charge >= 0.3 is 29.6 Å². The Balaban J connectivity index is 0. The average molecular weight is 364 g/mol. The van der Waals surface area contributed by atoms with Gasteiger partial charge in [-0.3, -0.25) is 4.79 Å². The van der Waals surface area contributed by atoms with Crippen LogP contribution in [0.1, 0.15) is 104 Å². The fourth-order valence-corrected chi connectivity index (χ4v) is 2.78. The molecule has 0 radical (unpaired) electrons. The standard InChI is InChI=1S/C20H39NO3.Na/c1-3-4-5-6-7-8-9-10-11-12-13-14-15-16-19(22)17-21-18(2)20(23)24;/h18,21H,3-17H2,1-2H3,(H,23,24);/q;+1/p-1/t18-;/m0./s1. The first-order valence-electron chi connectivity index (χ1n) is 10.0. The van der Waals surface area contributed by atoms with Crippen LogP contribution in [0.15, 0.2) is 0 Å². The predicted molar refractivity (Wildman–Crippen MR) is 97.8 cm³/mol. The quantitative estimate of drug-likeness (QED) is 0.288. The first-order chi connectivity index (χ1) is 11.6. The summed E-state index contributed by atoms with van der Waals surface area (Å²) < 4.78 is 0. The number of carbonyl (C=O) groups is 2. The summed E-state index contributed by atoms with van der Waals surface area (Å²) >= 11 is 0. The van der Waals surface area contributed by atoms with Gasteiger partial charge in [-0.05, 0) is 13.3 Å². The molecule has 0 bridgehead atoms. The topological polar surface area (TPSA) is 69.2 Å². The Hall–Kier alpha value is 0.100. The summed E-state index contributed by atoms with van der Waals surface area (Å²) in [7, 11) is 0. The number of carbonyl (C=O) groups excluding carboxylic acids is 2. The average Bonchev–Trinajstić information content (AvgIpc) is 2.56. The van der Waals surface area contributed by atoms with Gasteiger partial charge in [0.15, 0.2) is 0 Å². The third-order valence-electron chi connectivity index (χ3n) is 4.52. The Morgan fingerprint density at radius 2 is 1.20 bits per heavy atom. The predicted octanol–water partition coefficient (Wildman–Crippen LogP) is 0.769. The summed E-state index contributed by atoms with van der Waals surface area (Å²) in [6.45, 7) is 3.88. The summed E-state index contributed by atoms with van der Waals surface area (Å²) in [5.41, 5.74) is 0. The van der Waals surface area contributed by atoms with Crippen molar-refractivity contribution in [3.05, 3.63) is 0 Å². The van der Waals surface area contributed by atoms with Gasteiger partial charge in [0.2, 0.25) is 0 Å². The molecule has 1 N–H and O–H groups in total. The molecule has 1 atom stereocenters. The molecule has 4 nitrogen and oxygen atoms in total. The van der Waals surface area contributed by atoms with Crippen molar-refractivity contribution in [2.75, 3.05) is 6.54 Å². The molecule has 0 saturated carbocycles. The van der Waals surface area contributed by atoms with Gasteiger partial charge in [-0.2, -0.15) is 0 Å². The first kappa shape index (κ1) is 27.3. The third kappa shape index (κ3) is 20.3. The number of hydrogen-bond donors (Lipinski definition) is 1. The summed E-state index contributed by atoms with van der Waals surface area (Å²) in [4.78, 5) is 22.1. The number of carboxylic acid groups (broad SMARTS) is 1.